The van der Waals surface area contributed by atoms with E-state index in [4.69, 9.17) is 16.2 Å². The Morgan fingerprint density at radius 3 is 2.27 bits per heavy atom. The fraction of sp³-hybridized carbons (Fsp3) is 0.429. The van der Waals surface area contributed by atoms with Crippen molar-refractivity contribution in [2.45, 2.75) is 38.6 Å². The van der Waals surface area contributed by atoms with Crippen molar-refractivity contribution in [1.29, 1.82) is 0 Å². The van der Waals surface area contributed by atoms with E-state index in [0.29, 0.717) is 6.42 Å². The zero-order valence-corrected chi connectivity index (χ0v) is 14.0. The standard InChI is InChI=1S/C14H21N3O3.2ClH/c1-2-14(15,16)17-12(18)8-9-13(19)20-10-11-6-4-3-5-7-11;;/h3-7H,2,8-10,15-16H2,1H3,(H,17,18);2*1H. The van der Waals surface area contributed by atoms with Gasteiger partial charge < -0.3 is 10.1 Å². The quantitative estimate of drug-likeness (QED) is 0.509. The SMILES string of the molecule is CCC(N)(N)NC(=O)CCC(=O)OCc1ccccc1.Cl.Cl. The Kier molecular flexibility index (Phi) is 11.7. The number of ether oxygens (including phenoxy) is 1. The maximum absolute atomic E-state index is 11.5. The van der Waals surface area contributed by atoms with Crippen molar-refractivity contribution in [1.82, 2.24) is 5.32 Å². The van der Waals surface area contributed by atoms with Crippen LogP contribution >= 0.6 is 24.8 Å². The van der Waals surface area contributed by atoms with Gasteiger partial charge in [-0.25, -0.2) is 0 Å². The van der Waals surface area contributed by atoms with Gasteiger partial charge in [0.25, 0.3) is 0 Å². The second-order valence-corrected chi connectivity index (χ2v) is 4.59. The van der Waals surface area contributed by atoms with Crippen LogP contribution in [0, 0.1) is 0 Å². The van der Waals surface area contributed by atoms with Crippen LogP contribution in [0.25, 0.3) is 0 Å². The molecule has 1 rings (SSSR count). The summed E-state index contributed by atoms with van der Waals surface area (Å²) in [6.07, 6.45) is 0.402. The summed E-state index contributed by atoms with van der Waals surface area (Å²) in [6.45, 7) is 1.96. The third-order valence-electron chi connectivity index (χ3n) is 2.76. The smallest absolute Gasteiger partial charge is 0.306 e. The first-order valence-electron chi connectivity index (χ1n) is 6.51. The van der Waals surface area contributed by atoms with Gasteiger partial charge in [-0.15, -0.1) is 24.8 Å². The van der Waals surface area contributed by atoms with Gasteiger partial charge in [-0.3, -0.25) is 21.1 Å². The molecular formula is C14H23Cl2N3O3. The highest BCUT2D eigenvalue weighted by atomic mass is 35.5. The molecule has 0 spiro atoms. The van der Waals surface area contributed by atoms with Gasteiger partial charge in [0.05, 0.1) is 6.42 Å². The van der Waals surface area contributed by atoms with Gasteiger partial charge in [-0.1, -0.05) is 37.3 Å². The van der Waals surface area contributed by atoms with E-state index < -0.39 is 11.8 Å². The van der Waals surface area contributed by atoms with Crippen LogP contribution in [0.5, 0.6) is 0 Å². The number of nitrogens with two attached hydrogens (primary N) is 2. The fourth-order valence-electron chi connectivity index (χ4n) is 1.44. The Morgan fingerprint density at radius 1 is 1.14 bits per heavy atom. The van der Waals surface area contributed by atoms with E-state index in [1.165, 1.54) is 0 Å². The van der Waals surface area contributed by atoms with E-state index in [1.807, 2.05) is 30.3 Å². The molecule has 0 aliphatic carbocycles. The van der Waals surface area contributed by atoms with Gasteiger partial charge in [0, 0.05) is 6.42 Å². The van der Waals surface area contributed by atoms with Crippen molar-refractivity contribution >= 4 is 36.7 Å². The highest BCUT2D eigenvalue weighted by Crippen LogP contribution is 2.03. The third-order valence-corrected chi connectivity index (χ3v) is 2.76. The molecule has 1 aromatic rings. The average Bonchev–Trinajstić information content (AvgIpc) is 2.43. The van der Waals surface area contributed by atoms with Crippen molar-refractivity contribution in [3.8, 4) is 0 Å². The average molecular weight is 352 g/mol. The molecule has 1 aromatic carbocycles. The number of amides is 1. The molecule has 0 bridgehead atoms. The molecule has 0 saturated carbocycles. The largest absolute Gasteiger partial charge is 0.461 e. The fourth-order valence-corrected chi connectivity index (χ4v) is 1.44. The molecule has 5 N–H and O–H groups in total. The predicted octanol–water partition coefficient (Wildman–Crippen LogP) is 1.45. The molecule has 0 aromatic heterocycles. The maximum Gasteiger partial charge on any atom is 0.306 e. The van der Waals surface area contributed by atoms with E-state index in [0.717, 1.165) is 5.56 Å². The number of carbonyl (C=O) groups excluding carboxylic acids is 2. The summed E-state index contributed by atoms with van der Waals surface area (Å²) in [7, 11) is 0. The lowest BCUT2D eigenvalue weighted by molar-refractivity contribution is -0.146. The number of halogens is 2. The summed E-state index contributed by atoms with van der Waals surface area (Å²) in [6, 6.07) is 9.33. The van der Waals surface area contributed by atoms with Gasteiger partial charge in [-0.05, 0) is 12.0 Å². The molecule has 1 amide bonds. The van der Waals surface area contributed by atoms with Crippen molar-refractivity contribution < 1.29 is 14.3 Å². The molecule has 0 fully saturated rings. The minimum atomic E-state index is -1.23. The van der Waals surface area contributed by atoms with Crippen LogP contribution in [-0.2, 0) is 20.9 Å². The summed E-state index contributed by atoms with van der Waals surface area (Å²) in [5, 5.41) is 2.44. The zero-order chi connectivity index (χ0) is 15.0. The van der Waals surface area contributed by atoms with Crippen molar-refractivity contribution in [3.05, 3.63) is 35.9 Å². The summed E-state index contributed by atoms with van der Waals surface area (Å²) >= 11 is 0. The van der Waals surface area contributed by atoms with E-state index in [2.05, 4.69) is 5.32 Å². The van der Waals surface area contributed by atoms with Crippen LogP contribution in [0.1, 0.15) is 31.7 Å². The lowest BCUT2D eigenvalue weighted by atomic mass is 10.2. The third kappa shape index (κ3) is 9.57. The van der Waals surface area contributed by atoms with Gasteiger partial charge >= 0.3 is 5.97 Å². The monoisotopic (exact) mass is 351 g/mol. The Morgan fingerprint density at radius 2 is 1.73 bits per heavy atom. The second kappa shape index (κ2) is 11.3. The Hall–Kier alpha value is -1.34. The molecule has 0 heterocycles. The van der Waals surface area contributed by atoms with Crippen LogP contribution in [0.2, 0.25) is 0 Å². The van der Waals surface area contributed by atoms with Gasteiger partial charge in [0.1, 0.15) is 12.4 Å². The Balaban J connectivity index is 0. The highest BCUT2D eigenvalue weighted by molar-refractivity contribution is 5.85. The molecule has 0 radical (unpaired) electrons. The van der Waals surface area contributed by atoms with E-state index in [-0.39, 0.29) is 50.2 Å². The number of nitrogens with one attached hydrogen (secondary N) is 1. The van der Waals surface area contributed by atoms with Gasteiger partial charge in [-0.2, -0.15) is 0 Å². The van der Waals surface area contributed by atoms with Crippen molar-refractivity contribution in [3.63, 3.8) is 0 Å². The molecule has 6 nitrogen and oxygen atoms in total. The molecule has 8 heteroatoms. The summed E-state index contributed by atoms with van der Waals surface area (Å²) in [4.78, 5) is 23.0. The molecule has 0 aliphatic heterocycles. The van der Waals surface area contributed by atoms with E-state index >= 15 is 0 Å². The normalized spacial score (nSPS) is 9.95. The minimum absolute atomic E-state index is 0. The number of benzene rings is 1. The number of esters is 1. The lowest BCUT2D eigenvalue weighted by Crippen LogP contribution is -2.62. The van der Waals surface area contributed by atoms with Crippen LogP contribution in [0.4, 0.5) is 0 Å². The first kappa shape index (κ1) is 22.9. The highest BCUT2D eigenvalue weighted by Gasteiger charge is 2.19. The molecule has 0 saturated heterocycles. The van der Waals surface area contributed by atoms with Crippen molar-refractivity contribution in [2.75, 3.05) is 0 Å². The second-order valence-electron chi connectivity index (χ2n) is 4.59. The molecule has 0 aliphatic rings. The summed E-state index contributed by atoms with van der Waals surface area (Å²) in [5.41, 5.74) is 12.1. The van der Waals surface area contributed by atoms with Crippen LogP contribution in [-0.4, -0.2) is 17.7 Å². The predicted molar refractivity (Wildman–Crippen MR) is 89.5 cm³/mol. The minimum Gasteiger partial charge on any atom is -0.461 e. The molecule has 0 atom stereocenters. The van der Waals surface area contributed by atoms with Gasteiger partial charge in [0.15, 0.2) is 0 Å². The first-order valence-corrected chi connectivity index (χ1v) is 6.51. The maximum atomic E-state index is 11.5. The number of carbonyl (C=O) groups is 2. The number of rotatable bonds is 7. The molecule has 0 unspecified atom stereocenters. The van der Waals surface area contributed by atoms with Crippen molar-refractivity contribution in [2.24, 2.45) is 11.5 Å². The van der Waals surface area contributed by atoms with Gasteiger partial charge in [0.2, 0.25) is 5.91 Å². The summed E-state index contributed by atoms with van der Waals surface area (Å²) < 4.78 is 5.05. The lowest BCUT2D eigenvalue weighted by Gasteiger charge is -2.23. The zero-order valence-electron chi connectivity index (χ0n) is 12.4. The first-order chi connectivity index (χ1) is 9.43. The summed E-state index contributed by atoms with van der Waals surface area (Å²) in [5.74, 6) is -2.03. The topological polar surface area (TPSA) is 107 Å². The van der Waals surface area contributed by atoms with Crippen LogP contribution in [0.15, 0.2) is 30.3 Å². The Bertz CT molecular complexity index is 456. The molecular weight excluding hydrogens is 329 g/mol. The van der Waals surface area contributed by atoms with E-state index in [1.54, 1.807) is 6.92 Å². The van der Waals surface area contributed by atoms with E-state index in [9.17, 15) is 9.59 Å². The van der Waals surface area contributed by atoms with Crippen LogP contribution in [0.3, 0.4) is 0 Å². The number of hydrogen-bond acceptors (Lipinski definition) is 5. The molecule has 126 valence electrons. The number of hydrogen-bond donors (Lipinski definition) is 3. The van der Waals surface area contributed by atoms with Crippen LogP contribution < -0.4 is 16.8 Å². The Labute approximate surface area is 142 Å². The molecule has 22 heavy (non-hydrogen) atoms.